The van der Waals surface area contributed by atoms with Gasteiger partial charge in [0.05, 0.1) is 18.6 Å². The van der Waals surface area contributed by atoms with Crippen molar-refractivity contribution >= 4 is 38.5 Å². The van der Waals surface area contributed by atoms with E-state index in [1.807, 2.05) is 24.3 Å². The molecule has 1 aliphatic rings. The molecule has 0 unspecified atom stereocenters. The third-order valence-electron chi connectivity index (χ3n) is 5.87. The number of anilines is 1. The van der Waals surface area contributed by atoms with Gasteiger partial charge in [-0.15, -0.1) is 0 Å². The molecular weight excluding hydrogens is 470 g/mol. The standard InChI is InChI=1S/C25H27N3O6S/c1-3-34-25(30)27-14-16-28(17-15-27)35(31,32)19-10-8-18(9-11-19)24(29)26-22-12-13-23(33-2)21-7-5-4-6-20(21)22/h4-13H,3,14-17H2,1-2H3,(H,26,29). The van der Waals surface area contributed by atoms with Gasteiger partial charge in [-0.25, -0.2) is 13.2 Å². The molecule has 1 fully saturated rings. The minimum Gasteiger partial charge on any atom is -0.496 e. The van der Waals surface area contributed by atoms with E-state index in [4.69, 9.17) is 9.47 Å². The number of nitrogens with zero attached hydrogens (tertiary/aromatic N) is 2. The van der Waals surface area contributed by atoms with E-state index in [1.165, 1.54) is 33.5 Å². The molecule has 9 nitrogen and oxygen atoms in total. The predicted molar refractivity (Wildman–Crippen MR) is 132 cm³/mol. The van der Waals surface area contributed by atoms with Crippen molar-refractivity contribution in [3.8, 4) is 5.75 Å². The number of sulfonamides is 1. The number of hydrogen-bond donors (Lipinski definition) is 1. The van der Waals surface area contributed by atoms with Crippen LogP contribution in [0.3, 0.4) is 0 Å². The number of benzene rings is 3. The lowest BCUT2D eigenvalue weighted by Crippen LogP contribution is -2.50. The zero-order chi connectivity index (χ0) is 25.0. The van der Waals surface area contributed by atoms with Gasteiger partial charge in [0.25, 0.3) is 5.91 Å². The molecule has 0 radical (unpaired) electrons. The van der Waals surface area contributed by atoms with Gasteiger partial charge in [-0.1, -0.05) is 24.3 Å². The number of amides is 2. The van der Waals surface area contributed by atoms with E-state index in [0.29, 0.717) is 17.0 Å². The Kier molecular flexibility index (Phi) is 7.23. The van der Waals surface area contributed by atoms with Gasteiger partial charge in [-0.05, 0) is 43.3 Å². The highest BCUT2D eigenvalue weighted by Crippen LogP contribution is 2.31. The fraction of sp³-hybridized carbons (Fsp3) is 0.280. The van der Waals surface area contributed by atoms with Crippen LogP contribution in [0.2, 0.25) is 0 Å². The van der Waals surface area contributed by atoms with Gasteiger partial charge in [-0.2, -0.15) is 4.31 Å². The van der Waals surface area contributed by atoms with E-state index in [2.05, 4.69) is 5.32 Å². The van der Waals surface area contributed by atoms with Gasteiger partial charge in [0, 0.05) is 48.2 Å². The van der Waals surface area contributed by atoms with Crippen molar-refractivity contribution in [3.05, 3.63) is 66.2 Å². The lowest BCUT2D eigenvalue weighted by Gasteiger charge is -2.33. The van der Waals surface area contributed by atoms with E-state index >= 15 is 0 Å². The molecule has 0 saturated carbocycles. The van der Waals surface area contributed by atoms with Crippen LogP contribution in [0.1, 0.15) is 17.3 Å². The molecule has 2 amide bonds. The number of carbonyl (C=O) groups is 2. The summed E-state index contributed by atoms with van der Waals surface area (Å²) in [5, 5.41) is 4.60. The fourth-order valence-corrected chi connectivity index (χ4v) is 5.43. The van der Waals surface area contributed by atoms with Gasteiger partial charge in [0.2, 0.25) is 10.0 Å². The van der Waals surface area contributed by atoms with E-state index in [9.17, 15) is 18.0 Å². The molecule has 3 aromatic rings. The molecule has 0 bridgehead atoms. The SMILES string of the molecule is CCOC(=O)N1CCN(S(=O)(=O)c2ccc(C(=O)Nc3ccc(OC)c4ccccc34)cc2)CC1. The van der Waals surface area contributed by atoms with Gasteiger partial charge in [0.1, 0.15) is 5.75 Å². The highest BCUT2D eigenvalue weighted by atomic mass is 32.2. The van der Waals surface area contributed by atoms with Crippen LogP contribution < -0.4 is 10.1 Å². The summed E-state index contributed by atoms with van der Waals surface area (Å²) in [5.41, 5.74) is 0.957. The Balaban J connectivity index is 1.46. The van der Waals surface area contributed by atoms with Gasteiger partial charge in [0.15, 0.2) is 0 Å². The van der Waals surface area contributed by atoms with E-state index in [1.54, 1.807) is 26.2 Å². The van der Waals surface area contributed by atoms with Crippen LogP contribution in [0.15, 0.2) is 65.6 Å². The van der Waals surface area contributed by atoms with E-state index < -0.39 is 16.1 Å². The minimum absolute atomic E-state index is 0.0912. The average molecular weight is 498 g/mol. The molecule has 0 atom stereocenters. The number of ether oxygens (including phenoxy) is 2. The Hall–Kier alpha value is -3.63. The highest BCUT2D eigenvalue weighted by molar-refractivity contribution is 7.89. The Morgan fingerprint density at radius 3 is 2.20 bits per heavy atom. The maximum Gasteiger partial charge on any atom is 0.409 e. The smallest absolute Gasteiger partial charge is 0.409 e. The zero-order valence-corrected chi connectivity index (χ0v) is 20.4. The molecule has 10 heteroatoms. The normalized spacial score (nSPS) is 14.5. The number of methoxy groups -OCH3 is 1. The van der Waals surface area contributed by atoms with Gasteiger partial charge in [-0.3, -0.25) is 4.79 Å². The van der Waals surface area contributed by atoms with Crippen molar-refractivity contribution in [1.29, 1.82) is 0 Å². The van der Waals surface area contributed by atoms with Crippen LogP contribution in [0.5, 0.6) is 5.75 Å². The second-order valence-corrected chi connectivity index (χ2v) is 9.87. The van der Waals surface area contributed by atoms with Crippen molar-refractivity contribution < 1.29 is 27.5 Å². The minimum atomic E-state index is -3.75. The van der Waals surface area contributed by atoms with Crippen LogP contribution in [-0.2, 0) is 14.8 Å². The molecule has 4 rings (SSSR count). The molecule has 0 aromatic heterocycles. The number of piperazine rings is 1. The zero-order valence-electron chi connectivity index (χ0n) is 19.6. The summed E-state index contributed by atoms with van der Waals surface area (Å²) in [6, 6.07) is 17.0. The van der Waals surface area contributed by atoms with Crippen molar-refractivity contribution in [2.24, 2.45) is 0 Å². The Labute approximate surface area is 204 Å². The third kappa shape index (κ3) is 5.08. The first-order valence-electron chi connectivity index (χ1n) is 11.2. The molecule has 184 valence electrons. The van der Waals surface area contributed by atoms with Gasteiger partial charge < -0.3 is 19.7 Å². The largest absolute Gasteiger partial charge is 0.496 e. The van der Waals surface area contributed by atoms with Crippen molar-refractivity contribution in [1.82, 2.24) is 9.21 Å². The van der Waals surface area contributed by atoms with Crippen LogP contribution in [-0.4, -0.2) is 69.5 Å². The predicted octanol–water partition coefficient (Wildman–Crippen LogP) is 3.56. The molecule has 1 heterocycles. The lowest BCUT2D eigenvalue weighted by atomic mass is 10.1. The van der Waals surface area contributed by atoms with E-state index in [-0.39, 0.29) is 43.6 Å². The maximum atomic E-state index is 13.0. The molecule has 35 heavy (non-hydrogen) atoms. The second kappa shape index (κ2) is 10.3. The number of carbonyl (C=O) groups excluding carboxylic acids is 2. The Morgan fingerprint density at radius 2 is 1.57 bits per heavy atom. The summed E-state index contributed by atoms with van der Waals surface area (Å²) in [4.78, 5) is 26.3. The summed E-state index contributed by atoms with van der Waals surface area (Å²) < 4.78 is 37.8. The van der Waals surface area contributed by atoms with Crippen LogP contribution in [0.4, 0.5) is 10.5 Å². The molecular formula is C25H27N3O6S. The monoisotopic (exact) mass is 497 g/mol. The first kappa shape index (κ1) is 24.5. The average Bonchev–Trinajstić information content (AvgIpc) is 2.89. The molecule has 1 N–H and O–H groups in total. The fourth-order valence-electron chi connectivity index (χ4n) is 4.01. The first-order chi connectivity index (χ1) is 16.8. The van der Waals surface area contributed by atoms with Gasteiger partial charge >= 0.3 is 6.09 Å². The number of fused-ring (bicyclic) bond motifs is 1. The number of rotatable bonds is 6. The third-order valence-corrected chi connectivity index (χ3v) is 7.78. The second-order valence-electron chi connectivity index (χ2n) is 7.93. The topological polar surface area (TPSA) is 105 Å². The number of nitrogens with one attached hydrogen (secondary N) is 1. The molecule has 1 saturated heterocycles. The Bertz CT molecular complexity index is 1330. The quantitative estimate of drug-likeness (QED) is 0.558. The molecule has 0 spiro atoms. The molecule has 1 aliphatic heterocycles. The van der Waals surface area contributed by atoms with Crippen LogP contribution in [0, 0.1) is 0 Å². The lowest BCUT2D eigenvalue weighted by molar-refractivity contribution is 0.0933. The maximum absolute atomic E-state index is 13.0. The number of hydrogen-bond acceptors (Lipinski definition) is 6. The summed E-state index contributed by atoms with van der Waals surface area (Å²) in [5.74, 6) is 0.351. The van der Waals surface area contributed by atoms with Crippen molar-refractivity contribution in [2.45, 2.75) is 11.8 Å². The summed E-state index contributed by atoms with van der Waals surface area (Å²) in [6.07, 6.45) is -0.440. The Morgan fingerprint density at radius 1 is 0.914 bits per heavy atom. The summed E-state index contributed by atoms with van der Waals surface area (Å²) in [7, 11) is -2.16. The van der Waals surface area contributed by atoms with E-state index in [0.717, 1.165) is 10.8 Å². The highest BCUT2D eigenvalue weighted by Gasteiger charge is 2.30. The summed E-state index contributed by atoms with van der Waals surface area (Å²) in [6.45, 7) is 2.86. The van der Waals surface area contributed by atoms with Crippen molar-refractivity contribution in [2.75, 3.05) is 45.2 Å². The van der Waals surface area contributed by atoms with Crippen LogP contribution in [0.25, 0.3) is 10.8 Å². The molecule has 0 aliphatic carbocycles. The molecule has 3 aromatic carbocycles. The van der Waals surface area contributed by atoms with Crippen LogP contribution >= 0.6 is 0 Å². The van der Waals surface area contributed by atoms with Crippen molar-refractivity contribution in [3.63, 3.8) is 0 Å². The summed E-state index contributed by atoms with van der Waals surface area (Å²) >= 11 is 0. The first-order valence-corrected chi connectivity index (χ1v) is 12.7.